The van der Waals surface area contributed by atoms with Crippen molar-refractivity contribution in [1.29, 1.82) is 0 Å². The minimum Gasteiger partial charge on any atom is -0.489 e. The number of aryl methyl sites for hydroxylation is 1. The Morgan fingerprint density at radius 1 is 0.933 bits per heavy atom. The topological polar surface area (TPSA) is 35.5 Å². The molecule has 0 unspecified atom stereocenters. The summed E-state index contributed by atoms with van der Waals surface area (Å²) in [6.45, 7) is 8.88. The third-order valence-electron chi connectivity index (χ3n) is 4.69. The van der Waals surface area contributed by atoms with Crippen molar-refractivity contribution in [3.8, 4) is 11.5 Å². The SMILES string of the molecule is Cc1ccc(OC(=O)/C=C/c2ccc(OCc3ccccc3)cc2)c(C(C)(C)C)c1. The van der Waals surface area contributed by atoms with Crippen LogP contribution in [0.2, 0.25) is 0 Å². The summed E-state index contributed by atoms with van der Waals surface area (Å²) in [4.78, 5) is 12.3. The molecule has 3 aromatic rings. The summed E-state index contributed by atoms with van der Waals surface area (Å²) >= 11 is 0. The van der Waals surface area contributed by atoms with Gasteiger partial charge < -0.3 is 9.47 Å². The van der Waals surface area contributed by atoms with Crippen molar-refractivity contribution < 1.29 is 14.3 Å². The molecule has 0 aliphatic rings. The Balaban J connectivity index is 1.60. The molecule has 0 atom stereocenters. The minimum atomic E-state index is -0.395. The second kappa shape index (κ2) is 9.45. The molecule has 3 nitrogen and oxygen atoms in total. The first-order valence-electron chi connectivity index (χ1n) is 10.1. The van der Waals surface area contributed by atoms with Crippen LogP contribution in [0.4, 0.5) is 0 Å². The van der Waals surface area contributed by atoms with Gasteiger partial charge in [-0.25, -0.2) is 4.79 Å². The van der Waals surface area contributed by atoms with Crippen LogP contribution in [-0.2, 0) is 16.8 Å². The number of benzene rings is 3. The zero-order valence-corrected chi connectivity index (χ0v) is 18.0. The monoisotopic (exact) mass is 400 g/mol. The average molecular weight is 401 g/mol. The molecule has 3 rings (SSSR count). The zero-order valence-electron chi connectivity index (χ0n) is 18.0. The minimum absolute atomic E-state index is 0.110. The van der Waals surface area contributed by atoms with Gasteiger partial charge in [-0.1, -0.05) is 80.9 Å². The largest absolute Gasteiger partial charge is 0.489 e. The van der Waals surface area contributed by atoms with Crippen LogP contribution in [0.15, 0.2) is 78.9 Å². The summed E-state index contributed by atoms with van der Waals surface area (Å²) in [7, 11) is 0. The highest BCUT2D eigenvalue weighted by molar-refractivity contribution is 5.89. The Bertz CT molecular complexity index is 1010. The summed E-state index contributed by atoms with van der Waals surface area (Å²) < 4.78 is 11.4. The molecule has 3 heteroatoms. The fourth-order valence-corrected chi connectivity index (χ4v) is 3.04. The molecule has 0 spiro atoms. The fourth-order valence-electron chi connectivity index (χ4n) is 3.04. The Labute approximate surface area is 179 Å². The van der Waals surface area contributed by atoms with E-state index in [0.29, 0.717) is 12.4 Å². The van der Waals surface area contributed by atoms with E-state index in [2.05, 4.69) is 26.8 Å². The number of hydrogen-bond donors (Lipinski definition) is 0. The lowest BCUT2D eigenvalue weighted by Crippen LogP contribution is -2.15. The summed E-state index contributed by atoms with van der Waals surface area (Å²) in [5.74, 6) is 0.995. The van der Waals surface area contributed by atoms with Crippen molar-refractivity contribution in [2.45, 2.75) is 39.7 Å². The van der Waals surface area contributed by atoms with E-state index >= 15 is 0 Å². The molecule has 0 amide bonds. The van der Waals surface area contributed by atoms with Crippen molar-refractivity contribution >= 4 is 12.0 Å². The Morgan fingerprint density at radius 2 is 1.63 bits per heavy atom. The van der Waals surface area contributed by atoms with E-state index in [1.807, 2.05) is 73.7 Å². The summed E-state index contributed by atoms with van der Waals surface area (Å²) in [5.41, 5.74) is 4.07. The molecule has 0 heterocycles. The van der Waals surface area contributed by atoms with Gasteiger partial charge in [0.05, 0.1) is 0 Å². The van der Waals surface area contributed by atoms with Gasteiger partial charge in [0, 0.05) is 11.6 Å². The molecule has 154 valence electrons. The summed E-state index contributed by atoms with van der Waals surface area (Å²) in [6.07, 6.45) is 3.19. The number of hydrogen-bond acceptors (Lipinski definition) is 3. The van der Waals surface area contributed by atoms with Crippen LogP contribution in [0.5, 0.6) is 11.5 Å². The number of esters is 1. The van der Waals surface area contributed by atoms with Gasteiger partial charge in [0.1, 0.15) is 18.1 Å². The third-order valence-corrected chi connectivity index (χ3v) is 4.69. The van der Waals surface area contributed by atoms with E-state index in [1.165, 1.54) is 6.08 Å². The Kier molecular flexibility index (Phi) is 6.73. The van der Waals surface area contributed by atoms with Crippen LogP contribution in [-0.4, -0.2) is 5.97 Å². The molecule has 30 heavy (non-hydrogen) atoms. The van der Waals surface area contributed by atoms with Gasteiger partial charge >= 0.3 is 5.97 Å². The molecule has 3 aromatic carbocycles. The molecule has 0 aromatic heterocycles. The van der Waals surface area contributed by atoms with E-state index in [4.69, 9.17) is 9.47 Å². The molecule has 0 aliphatic heterocycles. The van der Waals surface area contributed by atoms with Gasteiger partial charge in [-0.05, 0) is 47.7 Å². The number of rotatable bonds is 6. The van der Waals surface area contributed by atoms with Crippen molar-refractivity contribution in [3.05, 3.63) is 101 Å². The highest BCUT2D eigenvalue weighted by Gasteiger charge is 2.20. The number of ether oxygens (including phenoxy) is 2. The van der Waals surface area contributed by atoms with Crippen LogP contribution >= 0.6 is 0 Å². The van der Waals surface area contributed by atoms with Crippen molar-refractivity contribution in [2.75, 3.05) is 0 Å². The van der Waals surface area contributed by atoms with Gasteiger partial charge in [0.25, 0.3) is 0 Å². The predicted molar refractivity (Wildman–Crippen MR) is 122 cm³/mol. The van der Waals surface area contributed by atoms with Gasteiger partial charge in [-0.15, -0.1) is 0 Å². The molecule has 0 aliphatic carbocycles. The Morgan fingerprint density at radius 3 is 2.30 bits per heavy atom. The molecular formula is C27H28O3. The maximum Gasteiger partial charge on any atom is 0.336 e. The van der Waals surface area contributed by atoms with Crippen LogP contribution < -0.4 is 9.47 Å². The van der Waals surface area contributed by atoms with Crippen LogP contribution in [0.3, 0.4) is 0 Å². The maximum absolute atomic E-state index is 12.3. The Hall–Kier alpha value is -3.33. The highest BCUT2D eigenvalue weighted by Crippen LogP contribution is 2.32. The average Bonchev–Trinajstić information content (AvgIpc) is 2.73. The molecule has 0 bridgehead atoms. The van der Waals surface area contributed by atoms with Gasteiger partial charge in [-0.3, -0.25) is 0 Å². The van der Waals surface area contributed by atoms with E-state index < -0.39 is 5.97 Å². The summed E-state index contributed by atoms with van der Waals surface area (Å²) in [5, 5.41) is 0. The van der Waals surface area contributed by atoms with Gasteiger partial charge in [0.2, 0.25) is 0 Å². The molecule has 0 fully saturated rings. The van der Waals surface area contributed by atoms with Crippen molar-refractivity contribution in [1.82, 2.24) is 0 Å². The molecule has 0 saturated heterocycles. The normalized spacial score (nSPS) is 11.5. The van der Waals surface area contributed by atoms with Crippen molar-refractivity contribution in [2.24, 2.45) is 0 Å². The molecular weight excluding hydrogens is 372 g/mol. The maximum atomic E-state index is 12.3. The third kappa shape index (κ3) is 6.08. The predicted octanol–water partition coefficient (Wildman–Crippen LogP) is 6.49. The number of carbonyl (C=O) groups excluding carboxylic acids is 1. The second-order valence-corrected chi connectivity index (χ2v) is 8.35. The fraction of sp³-hybridized carbons (Fsp3) is 0.222. The van der Waals surface area contributed by atoms with Gasteiger partial charge in [-0.2, -0.15) is 0 Å². The van der Waals surface area contributed by atoms with Crippen LogP contribution in [0.1, 0.15) is 43.0 Å². The van der Waals surface area contributed by atoms with Crippen LogP contribution in [0.25, 0.3) is 6.08 Å². The van der Waals surface area contributed by atoms with Gasteiger partial charge in [0.15, 0.2) is 0 Å². The molecule has 0 N–H and O–H groups in total. The first-order chi connectivity index (χ1) is 14.3. The lowest BCUT2D eigenvalue weighted by Gasteiger charge is -2.22. The van der Waals surface area contributed by atoms with E-state index in [0.717, 1.165) is 28.0 Å². The van der Waals surface area contributed by atoms with E-state index in [9.17, 15) is 4.79 Å². The lowest BCUT2D eigenvalue weighted by molar-refractivity contribution is -0.128. The zero-order chi connectivity index (χ0) is 21.6. The number of carbonyl (C=O) groups is 1. The van der Waals surface area contributed by atoms with Crippen molar-refractivity contribution in [3.63, 3.8) is 0 Å². The highest BCUT2D eigenvalue weighted by atomic mass is 16.5. The molecule has 0 saturated carbocycles. The van der Waals surface area contributed by atoms with Crippen LogP contribution in [0, 0.1) is 6.92 Å². The summed E-state index contributed by atoms with van der Waals surface area (Å²) in [6, 6.07) is 23.5. The second-order valence-electron chi connectivity index (χ2n) is 8.35. The molecule has 0 radical (unpaired) electrons. The van der Waals surface area contributed by atoms with E-state index in [1.54, 1.807) is 6.08 Å². The first-order valence-corrected chi connectivity index (χ1v) is 10.1. The van der Waals surface area contributed by atoms with E-state index in [-0.39, 0.29) is 5.41 Å². The lowest BCUT2D eigenvalue weighted by atomic mass is 9.85. The standard InChI is InChI=1S/C27H28O3/c1-20-10-16-25(24(18-20)27(2,3)4)30-26(28)17-13-21-11-14-23(15-12-21)29-19-22-8-6-5-7-9-22/h5-18H,19H2,1-4H3/b17-13+. The quantitative estimate of drug-likeness (QED) is 0.269. The smallest absolute Gasteiger partial charge is 0.336 e. The first kappa shape index (κ1) is 21.4.